The van der Waals surface area contributed by atoms with Crippen LogP contribution >= 0.6 is 0 Å². The smallest absolute Gasteiger partial charge is 0.341 e. The van der Waals surface area contributed by atoms with Crippen LogP contribution in [0.4, 0.5) is 0 Å². The van der Waals surface area contributed by atoms with Crippen molar-refractivity contribution in [2.75, 3.05) is 20.3 Å². The zero-order valence-electron chi connectivity index (χ0n) is 17.8. The Balaban J connectivity index is 2.40. The number of hydrogen-bond acceptors (Lipinski definition) is 5. The van der Waals surface area contributed by atoms with Crippen molar-refractivity contribution in [1.82, 2.24) is 4.90 Å². The number of carbonyl (C=O) groups is 2. The third-order valence-electron chi connectivity index (χ3n) is 5.03. The van der Waals surface area contributed by atoms with Gasteiger partial charge in [-0.3, -0.25) is 4.79 Å². The quantitative estimate of drug-likeness (QED) is 0.161. The van der Waals surface area contributed by atoms with Gasteiger partial charge in [0.2, 0.25) is 0 Å². The Kier molecular flexibility index (Phi) is 10.2. The van der Waals surface area contributed by atoms with Crippen LogP contribution < -0.4 is 0 Å². The minimum Gasteiger partial charge on any atom is -0.477 e. The third kappa shape index (κ3) is 8.19. The second kappa shape index (κ2) is 11.8. The summed E-state index contributed by atoms with van der Waals surface area (Å²) in [5, 5.41) is 0. The van der Waals surface area contributed by atoms with Crippen molar-refractivity contribution in [3.8, 4) is 0 Å². The van der Waals surface area contributed by atoms with E-state index >= 15 is 0 Å². The van der Waals surface area contributed by atoms with Gasteiger partial charge in [-0.15, -0.1) is 0 Å². The molecule has 0 aromatic rings. The Labute approximate surface area is 164 Å². The van der Waals surface area contributed by atoms with E-state index in [-0.39, 0.29) is 16.9 Å². The zero-order valence-corrected chi connectivity index (χ0v) is 17.8. The molecule has 0 aromatic heterocycles. The maximum Gasteiger partial charge on any atom is 0.341 e. The molecule has 1 heterocycles. The summed E-state index contributed by atoms with van der Waals surface area (Å²) < 4.78 is 10.9. The number of ether oxygens (including phenoxy) is 2. The molecule has 0 bridgehead atoms. The van der Waals surface area contributed by atoms with Gasteiger partial charge in [0, 0.05) is 7.05 Å². The van der Waals surface area contributed by atoms with Crippen molar-refractivity contribution in [3.63, 3.8) is 0 Å². The molecule has 154 valence electrons. The van der Waals surface area contributed by atoms with E-state index in [1.54, 1.807) is 6.08 Å². The average molecular weight is 380 g/mol. The molecule has 0 aliphatic carbocycles. The molecule has 0 aromatic carbocycles. The van der Waals surface area contributed by atoms with Crippen LogP contribution in [0.15, 0.2) is 23.6 Å². The summed E-state index contributed by atoms with van der Waals surface area (Å²) >= 11 is 0. The number of likely N-dealkylation sites (N-methyl/N-ethyl adjacent to an activating group) is 1. The van der Waals surface area contributed by atoms with Crippen LogP contribution in [-0.2, 0) is 19.1 Å². The van der Waals surface area contributed by atoms with Crippen molar-refractivity contribution in [3.05, 3.63) is 23.6 Å². The molecule has 0 N–H and O–H groups in total. The minimum absolute atomic E-state index is 0.0590. The number of ketones is 1. The SMILES string of the molecule is CCCCCCCCCCOC(=O)C(=CC=C1OCC(C)(C)N1C)C(C)=O. The normalized spacial score (nSPS) is 17.9. The predicted molar refractivity (Wildman–Crippen MR) is 108 cm³/mol. The second-order valence-corrected chi connectivity index (χ2v) is 7.91. The van der Waals surface area contributed by atoms with Crippen molar-refractivity contribution < 1.29 is 19.1 Å². The van der Waals surface area contributed by atoms with Crippen molar-refractivity contribution in [2.24, 2.45) is 0 Å². The van der Waals surface area contributed by atoms with Crippen molar-refractivity contribution in [2.45, 2.75) is 84.6 Å². The standard InChI is InChI=1S/C22H37NO4/c1-6-7-8-9-10-11-12-13-16-26-21(25)19(18(2)24)14-15-20-23(5)22(3,4)17-27-20/h14-15H,6-13,16-17H2,1-5H3. The van der Waals surface area contributed by atoms with Crippen LogP contribution in [0.3, 0.4) is 0 Å². The summed E-state index contributed by atoms with van der Waals surface area (Å²) in [6.07, 6.45) is 12.6. The van der Waals surface area contributed by atoms with Gasteiger partial charge in [0.25, 0.3) is 0 Å². The number of carbonyl (C=O) groups excluding carboxylic acids is 2. The minimum atomic E-state index is -0.554. The van der Waals surface area contributed by atoms with Gasteiger partial charge in [0.05, 0.1) is 12.1 Å². The molecule has 1 rings (SSSR count). The van der Waals surface area contributed by atoms with Crippen LogP contribution in [0.25, 0.3) is 0 Å². The molecule has 5 nitrogen and oxygen atoms in total. The van der Waals surface area contributed by atoms with E-state index in [1.807, 2.05) is 11.9 Å². The van der Waals surface area contributed by atoms with Gasteiger partial charge in [-0.25, -0.2) is 4.79 Å². The lowest BCUT2D eigenvalue weighted by atomic mass is 10.1. The van der Waals surface area contributed by atoms with Crippen molar-refractivity contribution >= 4 is 11.8 Å². The Morgan fingerprint density at radius 3 is 2.22 bits per heavy atom. The van der Waals surface area contributed by atoms with Crippen molar-refractivity contribution in [1.29, 1.82) is 0 Å². The molecule has 1 fully saturated rings. The summed E-state index contributed by atoms with van der Waals surface area (Å²) in [5.74, 6) is -0.204. The topological polar surface area (TPSA) is 55.8 Å². The highest BCUT2D eigenvalue weighted by Gasteiger charge is 2.33. The molecule has 5 heteroatoms. The lowest BCUT2D eigenvalue weighted by Gasteiger charge is -2.25. The van der Waals surface area contributed by atoms with E-state index in [2.05, 4.69) is 20.8 Å². The fraction of sp³-hybridized carbons (Fsp3) is 0.727. The third-order valence-corrected chi connectivity index (χ3v) is 5.03. The van der Waals surface area contributed by atoms with E-state index in [9.17, 15) is 9.59 Å². The molecule has 0 unspecified atom stereocenters. The molecular formula is C22H37NO4. The van der Waals surface area contributed by atoms with Gasteiger partial charge in [-0.1, -0.05) is 51.9 Å². The zero-order chi connectivity index (χ0) is 20.3. The van der Waals surface area contributed by atoms with E-state index in [0.717, 1.165) is 12.8 Å². The number of hydrogen-bond donors (Lipinski definition) is 0. The number of nitrogens with zero attached hydrogens (tertiary/aromatic N) is 1. The summed E-state index contributed by atoms with van der Waals surface area (Å²) in [7, 11) is 1.93. The van der Waals surface area contributed by atoms with E-state index < -0.39 is 5.97 Å². The fourth-order valence-corrected chi connectivity index (χ4v) is 2.86. The van der Waals surface area contributed by atoms with E-state index in [1.165, 1.54) is 51.5 Å². The highest BCUT2D eigenvalue weighted by Crippen LogP contribution is 2.27. The Hall–Kier alpha value is -1.78. The summed E-state index contributed by atoms with van der Waals surface area (Å²) in [4.78, 5) is 26.0. The molecule has 0 amide bonds. The number of unbranched alkanes of at least 4 members (excludes halogenated alkanes) is 7. The summed E-state index contributed by atoms with van der Waals surface area (Å²) in [6, 6.07) is 0. The summed E-state index contributed by atoms with van der Waals surface area (Å²) in [6.45, 7) is 8.67. The average Bonchev–Trinajstić information content (AvgIpc) is 2.87. The number of Topliss-reactive ketones (excluding diaryl/α,β-unsaturated/α-hetero) is 1. The summed E-state index contributed by atoms with van der Waals surface area (Å²) in [5.41, 5.74) is -0.0450. The van der Waals surface area contributed by atoms with Crippen LogP contribution in [0, 0.1) is 0 Å². The van der Waals surface area contributed by atoms with Crippen LogP contribution in [0.1, 0.15) is 79.1 Å². The Morgan fingerprint density at radius 2 is 1.70 bits per heavy atom. The first-order chi connectivity index (χ1) is 12.8. The van der Waals surface area contributed by atoms with Crippen LogP contribution in [0.2, 0.25) is 0 Å². The Morgan fingerprint density at radius 1 is 1.11 bits per heavy atom. The van der Waals surface area contributed by atoms with Crippen LogP contribution in [-0.4, -0.2) is 42.5 Å². The lowest BCUT2D eigenvalue weighted by Crippen LogP contribution is -2.36. The number of allylic oxidation sites excluding steroid dienone is 2. The van der Waals surface area contributed by atoms with Crippen LogP contribution in [0.5, 0.6) is 0 Å². The fourth-order valence-electron chi connectivity index (χ4n) is 2.86. The van der Waals surface area contributed by atoms with Gasteiger partial charge in [0.1, 0.15) is 12.2 Å². The molecule has 0 atom stereocenters. The molecule has 0 saturated carbocycles. The number of rotatable bonds is 12. The molecule has 1 saturated heterocycles. The molecule has 27 heavy (non-hydrogen) atoms. The first-order valence-electron chi connectivity index (χ1n) is 10.3. The maximum absolute atomic E-state index is 12.2. The van der Waals surface area contributed by atoms with Gasteiger partial charge in [0.15, 0.2) is 11.7 Å². The highest BCUT2D eigenvalue weighted by molar-refractivity contribution is 6.16. The Bertz CT molecular complexity index is 549. The van der Waals surface area contributed by atoms with Gasteiger partial charge in [-0.05, 0) is 39.3 Å². The first kappa shape index (κ1) is 23.3. The maximum atomic E-state index is 12.2. The van der Waals surface area contributed by atoms with Gasteiger partial charge < -0.3 is 14.4 Å². The molecule has 0 radical (unpaired) electrons. The van der Waals surface area contributed by atoms with E-state index in [4.69, 9.17) is 9.47 Å². The molecular weight excluding hydrogens is 342 g/mol. The molecule has 1 aliphatic rings. The highest BCUT2D eigenvalue weighted by atomic mass is 16.5. The monoisotopic (exact) mass is 379 g/mol. The van der Waals surface area contributed by atoms with E-state index in [0.29, 0.717) is 19.1 Å². The van der Waals surface area contributed by atoms with Gasteiger partial charge in [-0.2, -0.15) is 0 Å². The number of esters is 1. The largest absolute Gasteiger partial charge is 0.477 e. The predicted octanol–water partition coefficient (Wildman–Crippen LogP) is 4.77. The second-order valence-electron chi connectivity index (χ2n) is 7.91. The lowest BCUT2D eigenvalue weighted by molar-refractivity contribution is -0.140. The molecule has 1 aliphatic heterocycles. The molecule has 0 spiro atoms. The first-order valence-corrected chi connectivity index (χ1v) is 10.3. The van der Waals surface area contributed by atoms with Gasteiger partial charge >= 0.3 is 5.97 Å².